The van der Waals surface area contributed by atoms with Crippen molar-refractivity contribution in [2.45, 2.75) is 27.2 Å². The van der Waals surface area contributed by atoms with Crippen molar-refractivity contribution >= 4 is 6.08 Å². The van der Waals surface area contributed by atoms with Crippen LogP contribution in [-0.4, -0.2) is 4.98 Å². The number of aromatic amines is 1. The van der Waals surface area contributed by atoms with Crippen LogP contribution in [0.25, 0.3) is 6.08 Å². The molecule has 0 bridgehead atoms. The van der Waals surface area contributed by atoms with Crippen LogP contribution in [0.2, 0.25) is 0 Å². The lowest BCUT2D eigenvalue weighted by Gasteiger charge is -1.94. The molecule has 1 nitrogen and oxygen atoms in total. The second kappa shape index (κ2) is 3.42. The summed E-state index contributed by atoms with van der Waals surface area (Å²) in [5.74, 6) is 0. The number of aromatic nitrogens is 1. The van der Waals surface area contributed by atoms with Crippen LogP contribution in [0, 0.1) is 6.92 Å². The van der Waals surface area contributed by atoms with Crippen molar-refractivity contribution in [3.8, 4) is 0 Å². The predicted molar refractivity (Wildman–Crippen MR) is 49.6 cm³/mol. The minimum atomic E-state index is 1.10. The van der Waals surface area contributed by atoms with Gasteiger partial charge in [-0.2, -0.15) is 0 Å². The van der Waals surface area contributed by atoms with E-state index in [0.29, 0.717) is 0 Å². The Morgan fingerprint density at radius 3 is 2.82 bits per heavy atom. The zero-order valence-corrected chi connectivity index (χ0v) is 7.44. The van der Waals surface area contributed by atoms with Crippen molar-refractivity contribution in [2.24, 2.45) is 0 Å². The SMILES string of the molecule is C/C=C\c1c(CC)c[nH]c1C. The third kappa shape index (κ3) is 1.53. The monoisotopic (exact) mass is 149 g/mol. The number of rotatable bonds is 2. The molecular formula is C10H15N. The highest BCUT2D eigenvalue weighted by atomic mass is 14.7. The predicted octanol–water partition coefficient (Wildman–Crippen LogP) is 2.92. The highest BCUT2D eigenvalue weighted by molar-refractivity contribution is 5.56. The van der Waals surface area contributed by atoms with Crippen LogP contribution in [0.3, 0.4) is 0 Å². The van der Waals surface area contributed by atoms with Crippen molar-refractivity contribution in [1.29, 1.82) is 0 Å². The van der Waals surface area contributed by atoms with Gasteiger partial charge in [-0.15, -0.1) is 0 Å². The molecule has 0 fully saturated rings. The highest BCUT2D eigenvalue weighted by Gasteiger charge is 2.01. The Morgan fingerprint density at radius 1 is 1.55 bits per heavy atom. The van der Waals surface area contributed by atoms with Crippen LogP contribution in [-0.2, 0) is 6.42 Å². The molecule has 0 aromatic carbocycles. The zero-order chi connectivity index (χ0) is 8.27. The first-order valence-electron chi connectivity index (χ1n) is 4.09. The van der Waals surface area contributed by atoms with E-state index in [-0.39, 0.29) is 0 Å². The van der Waals surface area contributed by atoms with E-state index < -0.39 is 0 Å². The number of nitrogens with one attached hydrogen (secondary N) is 1. The molecule has 60 valence electrons. The summed E-state index contributed by atoms with van der Waals surface area (Å²) < 4.78 is 0. The van der Waals surface area contributed by atoms with Gasteiger partial charge < -0.3 is 4.98 Å². The largest absolute Gasteiger partial charge is 0.364 e. The Balaban J connectivity index is 3.07. The summed E-state index contributed by atoms with van der Waals surface area (Å²) in [6.45, 7) is 6.33. The lowest BCUT2D eigenvalue weighted by atomic mass is 10.1. The molecule has 1 heteroatoms. The standard InChI is InChI=1S/C10H15N/c1-4-6-10-8(3)11-7-9(10)5-2/h4,6-7,11H,5H2,1-3H3/b6-4-. The molecule has 0 amide bonds. The fourth-order valence-electron chi connectivity index (χ4n) is 1.28. The summed E-state index contributed by atoms with van der Waals surface area (Å²) >= 11 is 0. The van der Waals surface area contributed by atoms with E-state index in [0.717, 1.165) is 6.42 Å². The van der Waals surface area contributed by atoms with Gasteiger partial charge in [-0.1, -0.05) is 19.1 Å². The van der Waals surface area contributed by atoms with Crippen LogP contribution in [0.15, 0.2) is 12.3 Å². The molecule has 0 saturated carbocycles. The summed E-state index contributed by atoms with van der Waals surface area (Å²) in [5, 5.41) is 0. The quantitative estimate of drug-likeness (QED) is 0.665. The lowest BCUT2D eigenvalue weighted by molar-refractivity contribution is 1.14. The summed E-state index contributed by atoms with van der Waals surface area (Å²) in [4.78, 5) is 3.22. The molecule has 0 atom stereocenters. The molecule has 0 saturated heterocycles. The number of hydrogen-bond donors (Lipinski definition) is 1. The van der Waals surface area contributed by atoms with Gasteiger partial charge in [0.1, 0.15) is 0 Å². The average Bonchev–Trinajstić information content (AvgIpc) is 2.34. The topological polar surface area (TPSA) is 15.8 Å². The van der Waals surface area contributed by atoms with Gasteiger partial charge in [-0.3, -0.25) is 0 Å². The van der Waals surface area contributed by atoms with Crippen molar-refractivity contribution in [3.63, 3.8) is 0 Å². The molecule has 1 N–H and O–H groups in total. The molecule has 0 unspecified atom stereocenters. The Hall–Kier alpha value is -0.980. The normalized spacial score (nSPS) is 11.2. The minimum Gasteiger partial charge on any atom is -0.364 e. The number of H-pyrrole nitrogens is 1. The van der Waals surface area contributed by atoms with E-state index in [2.05, 4.69) is 37.2 Å². The Bertz CT molecular complexity index is 256. The van der Waals surface area contributed by atoms with Crippen LogP contribution >= 0.6 is 0 Å². The second-order valence-corrected chi connectivity index (χ2v) is 2.71. The van der Waals surface area contributed by atoms with E-state index >= 15 is 0 Å². The number of hydrogen-bond acceptors (Lipinski definition) is 0. The maximum absolute atomic E-state index is 3.22. The van der Waals surface area contributed by atoms with Gasteiger partial charge in [0.25, 0.3) is 0 Å². The average molecular weight is 149 g/mol. The smallest absolute Gasteiger partial charge is 0.0191 e. The Kier molecular flexibility index (Phi) is 2.53. The molecule has 1 aromatic heterocycles. The first-order valence-corrected chi connectivity index (χ1v) is 4.09. The van der Waals surface area contributed by atoms with Crippen LogP contribution in [0.5, 0.6) is 0 Å². The Morgan fingerprint density at radius 2 is 2.27 bits per heavy atom. The summed E-state index contributed by atoms with van der Waals surface area (Å²) in [6, 6.07) is 0. The minimum absolute atomic E-state index is 1.10. The molecule has 0 aliphatic heterocycles. The van der Waals surface area contributed by atoms with E-state index in [1.54, 1.807) is 0 Å². The summed E-state index contributed by atoms with van der Waals surface area (Å²) in [6.07, 6.45) is 7.43. The first-order chi connectivity index (χ1) is 5.29. The number of allylic oxidation sites excluding steroid dienone is 1. The molecule has 1 aromatic rings. The molecule has 0 radical (unpaired) electrons. The maximum Gasteiger partial charge on any atom is 0.0191 e. The third-order valence-electron chi connectivity index (χ3n) is 1.93. The van der Waals surface area contributed by atoms with Gasteiger partial charge in [0.05, 0.1) is 0 Å². The van der Waals surface area contributed by atoms with Crippen molar-refractivity contribution in [3.05, 3.63) is 29.1 Å². The maximum atomic E-state index is 3.22. The molecule has 0 aliphatic carbocycles. The first kappa shape index (κ1) is 8.12. The van der Waals surface area contributed by atoms with Crippen LogP contribution < -0.4 is 0 Å². The highest BCUT2D eigenvalue weighted by Crippen LogP contribution is 2.15. The van der Waals surface area contributed by atoms with Crippen LogP contribution in [0.1, 0.15) is 30.7 Å². The van der Waals surface area contributed by atoms with Gasteiger partial charge in [-0.25, -0.2) is 0 Å². The zero-order valence-electron chi connectivity index (χ0n) is 7.44. The molecular weight excluding hydrogens is 134 g/mol. The van der Waals surface area contributed by atoms with E-state index in [4.69, 9.17) is 0 Å². The van der Waals surface area contributed by atoms with Gasteiger partial charge in [0, 0.05) is 11.9 Å². The summed E-state index contributed by atoms with van der Waals surface area (Å²) in [7, 11) is 0. The Labute approximate surface area is 68.1 Å². The van der Waals surface area contributed by atoms with Crippen molar-refractivity contribution < 1.29 is 0 Å². The molecule has 0 spiro atoms. The van der Waals surface area contributed by atoms with Crippen molar-refractivity contribution in [1.82, 2.24) is 4.98 Å². The van der Waals surface area contributed by atoms with E-state index in [1.165, 1.54) is 16.8 Å². The molecule has 0 aliphatic rings. The van der Waals surface area contributed by atoms with Crippen LogP contribution in [0.4, 0.5) is 0 Å². The molecule has 1 heterocycles. The van der Waals surface area contributed by atoms with Gasteiger partial charge >= 0.3 is 0 Å². The van der Waals surface area contributed by atoms with Gasteiger partial charge in [-0.05, 0) is 31.4 Å². The third-order valence-corrected chi connectivity index (χ3v) is 1.93. The van der Waals surface area contributed by atoms with Gasteiger partial charge in [0.2, 0.25) is 0 Å². The fourth-order valence-corrected chi connectivity index (χ4v) is 1.28. The van der Waals surface area contributed by atoms with Crippen molar-refractivity contribution in [2.75, 3.05) is 0 Å². The summed E-state index contributed by atoms with van der Waals surface area (Å²) in [5.41, 5.74) is 4.02. The molecule has 11 heavy (non-hydrogen) atoms. The van der Waals surface area contributed by atoms with E-state index in [9.17, 15) is 0 Å². The van der Waals surface area contributed by atoms with Gasteiger partial charge in [0.15, 0.2) is 0 Å². The second-order valence-electron chi connectivity index (χ2n) is 2.71. The van der Waals surface area contributed by atoms with E-state index in [1.807, 2.05) is 6.92 Å². The number of aryl methyl sites for hydroxylation is 2. The molecule has 1 rings (SSSR count). The lowest BCUT2D eigenvalue weighted by Crippen LogP contribution is -1.80. The fraction of sp³-hybridized carbons (Fsp3) is 0.400.